The molecule has 1 heterocycles. The largest absolute Gasteiger partial charge is 0.480 e. The molecule has 0 bridgehead atoms. The van der Waals surface area contributed by atoms with Gasteiger partial charge in [0.2, 0.25) is 11.8 Å². The van der Waals surface area contributed by atoms with Crippen LogP contribution in [0.4, 0.5) is 0 Å². The maximum atomic E-state index is 12.5. The van der Waals surface area contributed by atoms with Crippen molar-refractivity contribution in [1.29, 1.82) is 0 Å². The number of nitrogens with one attached hydrogen (secondary N) is 1. The molecule has 1 rings (SSSR count). The maximum absolute atomic E-state index is 12.5. The predicted octanol–water partition coefficient (Wildman–Crippen LogP) is 1.42. The van der Waals surface area contributed by atoms with E-state index in [0.29, 0.717) is 12.8 Å². The standard InChI is InChI=1S/C16H26N2O4/c1-10(16(2,3)4)8-13(19)18-9-11(14(20)17-5)6-7-12(18)15(21)22/h8,11-12H,6-7,9H2,1-5H3,(H,17,20)(H,21,22)/b10-8+/t11-,12-/m0/s1. The summed E-state index contributed by atoms with van der Waals surface area (Å²) in [7, 11) is 1.54. The van der Waals surface area contributed by atoms with Gasteiger partial charge in [-0.2, -0.15) is 0 Å². The van der Waals surface area contributed by atoms with Crippen LogP contribution >= 0.6 is 0 Å². The molecule has 1 aliphatic heterocycles. The number of carboxylic acids is 1. The second-order valence-electron chi connectivity index (χ2n) is 6.81. The Morgan fingerprint density at radius 3 is 2.27 bits per heavy atom. The normalized spacial score (nSPS) is 23.1. The molecule has 1 fully saturated rings. The first kappa shape index (κ1) is 18.2. The molecule has 0 unspecified atom stereocenters. The Bertz CT molecular complexity index is 491. The molecule has 2 N–H and O–H groups in total. The first-order chi connectivity index (χ1) is 10.1. The van der Waals surface area contributed by atoms with Crippen molar-refractivity contribution in [2.24, 2.45) is 11.3 Å². The van der Waals surface area contributed by atoms with Gasteiger partial charge in [0, 0.05) is 19.7 Å². The van der Waals surface area contributed by atoms with Crippen LogP contribution in [-0.4, -0.2) is 47.4 Å². The van der Waals surface area contributed by atoms with Crippen molar-refractivity contribution in [3.05, 3.63) is 11.6 Å². The van der Waals surface area contributed by atoms with E-state index in [9.17, 15) is 19.5 Å². The lowest BCUT2D eigenvalue weighted by Gasteiger charge is -2.36. The smallest absolute Gasteiger partial charge is 0.326 e. The van der Waals surface area contributed by atoms with Gasteiger partial charge in [-0.1, -0.05) is 26.3 Å². The Kier molecular flexibility index (Phi) is 5.74. The molecular weight excluding hydrogens is 284 g/mol. The lowest BCUT2D eigenvalue weighted by Crippen LogP contribution is -2.52. The van der Waals surface area contributed by atoms with Gasteiger partial charge in [0.15, 0.2) is 0 Å². The highest BCUT2D eigenvalue weighted by atomic mass is 16.4. The van der Waals surface area contributed by atoms with Crippen LogP contribution in [-0.2, 0) is 14.4 Å². The average molecular weight is 310 g/mol. The van der Waals surface area contributed by atoms with Crippen molar-refractivity contribution < 1.29 is 19.5 Å². The number of hydrogen-bond donors (Lipinski definition) is 2. The Balaban J connectivity index is 3.00. The minimum Gasteiger partial charge on any atom is -0.480 e. The molecule has 0 aromatic carbocycles. The molecule has 1 saturated heterocycles. The number of likely N-dealkylation sites (tertiary alicyclic amines) is 1. The van der Waals surface area contributed by atoms with Gasteiger partial charge in [-0.05, 0) is 25.2 Å². The zero-order valence-electron chi connectivity index (χ0n) is 14.0. The maximum Gasteiger partial charge on any atom is 0.326 e. The monoisotopic (exact) mass is 310 g/mol. The zero-order valence-corrected chi connectivity index (χ0v) is 14.0. The molecule has 1 aliphatic rings. The van der Waals surface area contributed by atoms with Crippen molar-refractivity contribution in [3.63, 3.8) is 0 Å². The average Bonchev–Trinajstić information content (AvgIpc) is 2.44. The van der Waals surface area contributed by atoms with Gasteiger partial charge in [-0.3, -0.25) is 9.59 Å². The summed E-state index contributed by atoms with van der Waals surface area (Å²) in [6.07, 6.45) is 2.26. The molecule has 124 valence electrons. The Labute approximate surface area is 131 Å². The van der Waals surface area contributed by atoms with E-state index in [1.807, 2.05) is 27.7 Å². The van der Waals surface area contributed by atoms with Crippen LogP contribution in [0.5, 0.6) is 0 Å². The van der Waals surface area contributed by atoms with Gasteiger partial charge in [0.25, 0.3) is 0 Å². The van der Waals surface area contributed by atoms with Gasteiger partial charge in [0.1, 0.15) is 6.04 Å². The minimum atomic E-state index is -1.02. The van der Waals surface area contributed by atoms with Crippen molar-refractivity contribution in [1.82, 2.24) is 10.2 Å². The van der Waals surface area contributed by atoms with E-state index < -0.39 is 12.0 Å². The van der Waals surface area contributed by atoms with Gasteiger partial charge in [-0.15, -0.1) is 0 Å². The Morgan fingerprint density at radius 2 is 1.82 bits per heavy atom. The molecule has 0 aromatic rings. The van der Waals surface area contributed by atoms with E-state index in [1.54, 1.807) is 7.05 Å². The topological polar surface area (TPSA) is 86.7 Å². The SMILES string of the molecule is CNC(=O)[C@H]1CC[C@@H](C(=O)O)N(C(=O)/C=C(\C)C(C)(C)C)C1. The number of allylic oxidation sites excluding steroid dienone is 1. The lowest BCUT2D eigenvalue weighted by molar-refractivity contribution is -0.152. The summed E-state index contributed by atoms with van der Waals surface area (Å²) in [6.45, 7) is 7.97. The summed E-state index contributed by atoms with van der Waals surface area (Å²) < 4.78 is 0. The number of piperidine rings is 1. The Hall–Kier alpha value is -1.85. The summed E-state index contributed by atoms with van der Waals surface area (Å²) in [5.74, 6) is -1.87. The molecule has 2 atom stereocenters. The Morgan fingerprint density at radius 1 is 1.23 bits per heavy atom. The second-order valence-corrected chi connectivity index (χ2v) is 6.81. The third-order valence-electron chi connectivity index (χ3n) is 4.29. The summed E-state index contributed by atoms with van der Waals surface area (Å²) in [5.41, 5.74) is 0.716. The number of aliphatic carboxylic acids is 1. The molecule has 22 heavy (non-hydrogen) atoms. The van der Waals surface area contributed by atoms with E-state index in [4.69, 9.17) is 0 Å². The molecule has 0 spiro atoms. The van der Waals surface area contributed by atoms with E-state index in [2.05, 4.69) is 5.32 Å². The third-order valence-corrected chi connectivity index (χ3v) is 4.29. The van der Waals surface area contributed by atoms with Gasteiger partial charge in [0.05, 0.1) is 5.92 Å². The third kappa shape index (κ3) is 4.32. The van der Waals surface area contributed by atoms with Crippen LogP contribution in [0, 0.1) is 11.3 Å². The van der Waals surface area contributed by atoms with Crippen LogP contribution < -0.4 is 5.32 Å². The zero-order chi connectivity index (χ0) is 17.1. The van der Waals surface area contributed by atoms with Crippen molar-refractivity contribution >= 4 is 17.8 Å². The first-order valence-corrected chi connectivity index (χ1v) is 7.51. The van der Waals surface area contributed by atoms with E-state index in [-0.39, 0.29) is 29.7 Å². The number of rotatable bonds is 3. The molecule has 0 saturated carbocycles. The quantitative estimate of drug-likeness (QED) is 0.772. The minimum absolute atomic E-state index is 0.142. The van der Waals surface area contributed by atoms with Crippen LogP contribution in [0.3, 0.4) is 0 Å². The van der Waals surface area contributed by atoms with Crippen molar-refractivity contribution in [2.45, 2.75) is 46.6 Å². The number of nitrogens with zero attached hydrogens (tertiary/aromatic N) is 1. The molecule has 0 radical (unpaired) electrons. The molecule has 0 aliphatic carbocycles. The lowest BCUT2D eigenvalue weighted by atomic mass is 9.87. The van der Waals surface area contributed by atoms with E-state index >= 15 is 0 Å². The molecular formula is C16H26N2O4. The molecule has 2 amide bonds. The van der Waals surface area contributed by atoms with E-state index in [0.717, 1.165) is 5.57 Å². The van der Waals surface area contributed by atoms with Crippen molar-refractivity contribution in [2.75, 3.05) is 13.6 Å². The number of carboxylic acid groups (broad SMARTS) is 1. The van der Waals surface area contributed by atoms with Crippen LogP contribution in [0.2, 0.25) is 0 Å². The highest BCUT2D eigenvalue weighted by Crippen LogP contribution is 2.27. The summed E-state index contributed by atoms with van der Waals surface area (Å²) in [5, 5.41) is 11.9. The first-order valence-electron chi connectivity index (χ1n) is 7.51. The van der Waals surface area contributed by atoms with Gasteiger partial charge < -0.3 is 15.3 Å². The summed E-state index contributed by atoms with van der Waals surface area (Å²) >= 11 is 0. The molecule has 0 aromatic heterocycles. The second kappa shape index (κ2) is 6.94. The van der Waals surface area contributed by atoms with Crippen LogP contribution in [0.25, 0.3) is 0 Å². The van der Waals surface area contributed by atoms with Gasteiger partial charge >= 0.3 is 5.97 Å². The number of carbonyl (C=O) groups excluding carboxylic acids is 2. The van der Waals surface area contributed by atoms with Crippen molar-refractivity contribution in [3.8, 4) is 0 Å². The number of amides is 2. The van der Waals surface area contributed by atoms with Crippen LogP contribution in [0.1, 0.15) is 40.5 Å². The van der Waals surface area contributed by atoms with Gasteiger partial charge in [-0.25, -0.2) is 4.79 Å². The summed E-state index contributed by atoms with van der Waals surface area (Å²) in [4.78, 5) is 37.0. The fourth-order valence-electron chi connectivity index (χ4n) is 2.37. The predicted molar refractivity (Wildman–Crippen MR) is 83.1 cm³/mol. The van der Waals surface area contributed by atoms with Crippen LogP contribution in [0.15, 0.2) is 11.6 Å². The summed E-state index contributed by atoms with van der Waals surface area (Å²) in [6, 6.07) is -0.863. The number of hydrogen-bond acceptors (Lipinski definition) is 3. The fraction of sp³-hybridized carbons (Fsp3) is 0.688. The highest BCUT2D eigenvalue weighted by Gasteiger charge is 2.37. The van der Waals surface area contributed by atoms with E-state index in [1.165, 1.54) is 11.0 Å². The highest BCUT2D eigenvalue weighted by molar-refractivity contribution is 5.92. The fourth-order valence-corrected chi connectivity index (χ4v) is 2.37. The molecule has 6 nitrogen and oxygen atoms in total. The number of carbonyl (C=O) groups is 3. The molecule has 6 heteroatoms.